The number of hydrogen-bond acceptors (Lipinski definition) is 4. The quantitative estimate of drug-likeness (QED) is 0.791. The highest BCUT2D eigenvalue weighted by Crippen LogP contribution is 2.43. The maximum Gasteiger partial charge on any atom is 0.144 e. The van der Waals surface area contributed by atoms with E-state index in [1.807, 2.05) is 6.92 Å². The van der Waals surface area contributed by atoms with Gasteiger partial charge in [-0.2, -0.15) is 0 Å². The number of rotatable bonds is 3. The molecule has 2 fully saturated rings. The van der Waals surface area contributed by atoms with Crippen LogP contribution in [0.5, 0.6) is 0 Å². The summed E-state index contributed by atoms with van der Waals surface area (Å²) in [5.41, 5.74) is -0.851. The Hall–Kier alpha value is -0.160. The summed E-state index contributed by atoms with van der Waals surface area (Å²) in [7, 11) is 0. The number of hydrogen-bond donors (Lipinski definition) is 0. The largest absolute Gasteiger partial charge is 0.373 e. The minimum Gasteiger partial charge on any atom is -0.373 e. The monoisotopic (exact) mass is 272 g/mol. The highest BCUT2D eigenvalue weighted by Gasteiger charge is 2.62. The van der Waals surface area contributed by atoms with Gasteiger partial charge in [-0.1, -0.05) is 0 Å². The lowest BCUT2D eigenvalue weighted by atomic mass is 9.97. The Morgan fingerprint density at radius 1 is 1.11 bits per heavy atom. The summed E-state index contributed by atoms with van der Waals surface area (Å²) >= 11 is 0. The Bertz CT molecular complexity index is 328. The highest BCUT2D eigenvalue weighted by atomic mass is 16.7. The van der Waals surface area contributed by atoms with Crippen molar-refractivity contribution in [3.05, 3.63) is 0 Å². The molecular weight excluding hydrogens is 244 g/mol. The van der Waals surface area contributed by atoms with Gasteiger partial charge in [0.05, 0.1) is 30.5 Å². The maximum absolute atomic E-state index is 6.19. The Morgan fingerprint density at radius 3 is 2.21 bits per heavy atom. The average molecular weight is 272 g/mol. The van der Waals surface area contributed by atoms with Crippen LogP contribution in [0.3, 0.4) is 0 Å². The van der Waals surface area contributed by atoms with Crippen LogP contribution < -0.4 is 0 Å². The van der Waals surface area contributed by atoms with Crippen molar-refractivity contribution >= 4 is 0 Å². The van der Waals surface area contributed by atoms with Gasteiger partial charge in [-0.15, -0.1) is 0 Å². The number of ether oxygens (including phenoxy) is 4. The Kier molecular flexibility index (Phi) is 3.76. The van der Waals surface area contributed by atoms with Gasteiger partial charge in [0.15, 0.2) is 0 Å². The molecule has 0 amide bonds. The van der Waals surface area contributed by atoms with E-state index in [1.165, 1.54) is 0 Å². The molecule has 0 saturated carbocycles. The first kappa shape index (κ1) is 15.2. The van der Waals surface area contributed by atoms with Crippen molar-refractivity contribution in [2.24, 2.45) is 0 Å². The molecule has 4 heteroatoms. The fourth-order valence-corrected chi connectivity index (χ4v) is 2.68. The van der Waals surface area contributed by atoms with Gasteiger partial charge in [-0.3, -0.25) is 0 Å². The van der Waals surface area contributed by atoms with Crippen LogP contribution in [0.1, 0.15) is 48.5 Å². The Morgan fingerprint density at radius 2 is 1.74 bits per heavy atom. The predicted octanol–water partition coefficient (Wildman–Crippen LogP) is 2.54. The second-order valence-electron chi connectivity index (χ2n) is 7.72. The molecule has 0 aromatic carbocycles. The van der Waals surface area contributed by atoms with Gasteiger partial charge in [0.1, 0.15) is 17.8 Å². The number of fused-ring (bicyclic) bond motifs is 2. The van der Waals surface area contributed by atoms with Crippen LogP contribution in [-0.4, -0.2) is 48.3 Å². The van der Waals surface area contributed by atoms with Gasteiger partial charge >= 0.3 is 0 Å². The van der Waals surface area contributed by atoms with Crippen LogP contribution >= 0.6 is 0 Å². The van der Waals surface area contributed by atoms with E-state index < -0.39 is 5.60 Å². The lowest BCUT2D eigenvalue weighted by molar-refractivity contribution is -0.190. The predicted molar refractivity (Wildman–Crippen MR) is 73.3 cm³/mol. The molecule has 19 heavy (non-hydrogen) atoms. The Labute approximate surface area is 116 Å². The van der Waals surface area contributed by atoms with Crippen molar-refractivity contribution in [2.75, 3.05) is 13.2 Å². The second-order valence-corrected chi connectivity index (χ2v) is 7.72. The van der Waals surface area contributed by atoms with Gasteiger partial charge in [-0.25, -0.2) is 0 Å². The molecule has 2 heterocycles. The molecule has 0 aliphatic carbocycles. The van der Waals surface area contributed by atoms with Gasteiger partial charge in [0, 0.05) is 0 Å². The van der Waals surface area contributed by atoms with Crippen LogP contribution in [0, 0.1) is 0 Å². The summed E-state index contributed by atoms with van der Waals surface area (Å²) in [5, 5.41) is 0. The molecule has 0 radical (unpaired) electrons. The van der Waals surface area contributed by atoms with Crippen molar-refractivity contribution in [3.8, 4) is 0 Å². The molecule has 112 valence electrons. The molecule has 2 rings (SSSR count). The molecule has 2 bridgehead atoms. The first-order valence-corrected chi connectivity index (χ1v) is 7.14. The van der Waals surface area contributed by atoms with E-state index in [0.717, 1.165) is 0 Å². The normalized spacial score (nSPS) is 39.0. The molecule has 2 aliphatic rings. The lowest BCUT2D eigenvalue weighted by Gasteiger charge is -2.35. The summed E-state index contributed by atoms with van der Waals surface area (Å²) in [6.07, 6.45) is 0.0253. The van der Waals surface area contributed by atoms with Crippen molar-refractivity contribution in [1.82, 2.24) is 0 Å². The molecule has 4 nitrogen and oxygen atoms in total. The van der Waals surface area contributed by atoms with Crippen molar-refractivity contribution in [3.63, 3.8) is 0 Å². The molecule has 4 atom stereocenters. The van der Waals surface area contributed by atoms with E-state index in [0.29, 0.717) is 13.2 Å². The molecule has 2 saturated heterocycles. The average Bonchev–Trinajstić information content (AvgIpc) is 2.64. The summed E-state index contributed by atoms with van der Waals surface area (Å²) in [4.78, 5) is 0. The summed E-state index contributed by atoms with van der Waals surface area (Å²) in [6, 6.07) is 0. The third kappa shape index (κ3) is 3.30. The van der Waals surface area contributed by atoms with Crippen LogP contribution in [0.25, 0.3) is 0 Å². The fraction of sp³-hybridized carbons (Fsp3) is 1.00. The van der Waals surface area contributed by atoms with E-state index in [4.69, 9.17) is 18.9 Å². The third-order valence-corrected chi connectivity index (χ3v) is 3.45. The van der Waals surface area contributed by atoms with E-state index in [2.05, 4.69) is 41.5 Å². The fourth-order valence-electron chi connectivity index (χ4n) is 2.68. The topological polar surface area (TPSA) is 36.9 Å². The standard InChI is InChI=1S/C15H28O4/c1-10-11-12(19-14(5,6)7)15(18-10,8-16-11)9-17-13(2,3)4/h10-12H,8-9H2,1-7H3/t10-,11?,12+,15+/m0/s1. The lowest BCUT2D eigenvalue weighted by Crippen LogP contribution is -2.50. The van der Waals surface area contributed by atoms with Crippen LogP contribution in [0.2, 0.25) is 0 Å². The zero-order valence-corrected chi connectivity index (χ0v) is 13.3. The summed E-state index contributed by atoms with van der Waals surface area (Å²) < 4.78 is 24.1. The molecule has 0 aromatic rings. The van der Waals surface area contributed by atoms with E-state index >= 15 is 0 Å². The minimum absolute atomic E-state index is 0.0165. The third-order valence-electron chi connectivity index (χ3n) is 3.45. The zero-order valence-electron chi connectivity index (χ0n) is 13.3. The van der Waals surface area contributed by atoms with E-state index in [-0.39, 0.29) is 29.5 Å². The van der Waals surface area contributed by atoms with Gasteiger partial charge < -0.3 is 18.9 Å². The summed E-state index contributed by atoms with van der Waals surface area (Å²) in [5.74, 6) is 0. The molecule has 0 aromatic heterocycles. The smallest absolute Gasteiger partial charge is 0.144 e. The second kappa shape index (κ2) is 4.69. The van der Waals surface area contributed by atoms with Gasteiger partial charge in [-0.05, 0) is 48.5 Å². The van der Waals surface area contributed by atoms with Crippen molar-refractivity contribution in [1.29, 1.82) is 0 Å². The molecule has 0 N–H and O–H groups in total. The zero-order chi connectivity index (χ0) is 14.5. The van der Waals surface area contributed by atoms with Crippen molar-refractivity contribution in [2.45, 2.75) is 83.6 Å². The van der Waals surface area contributed by atoms with E-state index in [9.17, 15) is 0 Å². The summed E-state index contributed by atoms with van der Waals surface area (Å²) in [6.45, 7) is 15.5. The Balaban J connectivity index is 2.12. The SMILES string of the molecule is C[C@@H]1O[C@@]2(COC(C)(C)C)COC1[C@H]2OC(C)(C)C. The first-order chi connectivity index (χ1) is 8.53. The molecule has 2 aliphatic heterocycles. The first-order valence-electron chi connectivity index (χ1n) is 7.14. The van der Waals surface area contributed by atoms with Crippen molar-refractivity contribution < 1.29 is 18.9 Å². The van der Waals surface area contributed by atoms with Crippen LogP contribution in [0.15, 0.2) is 0 Å². The van der Waals surface area contributed by atoms with Crippen LogP contribution in [-0.2, 0) is 18.9 Å². The molecular formula is C15H28O4. The highest BCUT2D eigenvalue weighted by molar-refractivity contribution is 5.09. The molecule has 1 unspecified atom stereocenters. The van der Waals surface area contributed by atoms with E-state index in [1.54, 1.807) is 0 Å². The van der Waals surface area contributed by atoms with Gasteiger partial charge in [0.25, 0.3) is 0 Å². The maximum atomic E-state index is 6.19. The minimum atomic E-state index is -0.454. The molecule has 0 spiro atoms. The van der Waals surface area contributed by atoms with Gasteiger partial charge in [0.2, 0.25) is 0 Å². The van der Waals surface area contributed by atoms with Crippen LogP contribution in [0.4, 0.5) is 0 Å².